The molecule has 0 spiro atoms. The minimum Gasteiger partial charge on any atom is -0.495 e. The van der Waals surface area contributed by atoms with Gasteiger partial charge < -0.3 is 24.6 Å². The van der Waals surface area contributed by atoms with Gasteiger partial charge in [0.25, 0.3) is 0 Å². The number of piperazine rings is 1. The smallest absolute Gasteiger partial charge is 0.407 e. The zero-order chi connectivity index (χ0) is 15.5. The summed E-state index contributed by atoms with van der Waals surface area (Å²) in [5.41, 5.74) is 2.32. The maximum atomic E-state index is 11.1. The first kappa shape index (κ1) is 15.0. The van der Waals surface area contributed by atoms with Gasteiger partial charge in [-0.1, -0.05) is 6.07 Å². The van der Waals surface area contributed by atoms with E-state index in [9.17, 15) is 4.79 Å². The molecule has 1 atom stereocenters. The van der Waals surface area contributed by atoms with E-state index in [-0.39, 0.29) is 12.1 Å². The lowest BCUT2D eigenvalue weighted by Gasteiger charge is -2.35. The molecule has 1 aromatic carbocycles. The van der Waals surface area contributed by atoms with Gasteiger partial charge in [0, 0.05) is 26.2 Å². The second kappa shape index (κ2) is 6.44. The molecule has 0 saturated carbocycles. The number of cyclic esters (lactones) is 1. The molecule has 0 unspecified atom stereocenters. The molecule has 6 nitrogen and oxygen atoms in total. The van der Waals surface area contributed by atoms with Crippen molar-refractivity contribution in [1.82, 2.24) is 10.2 Å². The highest BCUT2D eigenvalue weighted by atomic mass is 16.6. The van der Waals surface area contributed by atoms with Gasteiger partial charge in [0.15, 0.2) is 0 Å². The van der Waals surface area contributed by atoms with Gasteiger partial charge >= 0.3 is 6.09 Å². The molecule has 0 bridgehead atoms. The Balaban J connectivity index is 1.75. The lowest BCUT2D eigenvalue weighted by atomic mass is 10.0. The van der Waals surface area contributed by atoms with Crippen LogP contribution >= 0.6 is 0 Å². The lowest BCUT2D eigenvalue weighted by Crippen LogP contribution is -2.44. The summed E-state index contributed by atoms with van der Waals surface area (Å²) in [6, 6.07) is 6.30. The molecule has 3 rings (SSSR count). The van der Waals surface area contributed by atoms with Crippen molar-refractivity contribution in [3.05, 3.63) is 23.8 Å². The standard InChI is InChI=1S/C16H23N3O3/c1-18-5-7-19(8-6-18)14-10-12(3-4-15(14)21-2)9-13-11-22-16(20)17-13/h3-4,10,13H,5-9,11H2,1-2H3,(H,17,20)/t13-/m0/s1. The van der Waals surface area contributed by atoms with E-state index in [1.807, 2.05) is 6.07 Å². The first-order chi connectivity index (χ1) is 10.7. The number of alkyl carbamates (subject to hydrolysis) is 1. The van der Waals surface area contributed by atoms with Gasteiger partial charge in [0.1, 0.15) is 12.4 Å². The number of nitrogens with zero attached hydrogens (tertiary/aromatic N) is 2. The van der Waals surface area contributed by atoms with E-state index in [1.54, 1.807) is 7.11 Å². The average Bonchev–Trinajstić information content (AvgIpc) is 2.93. The number of nitrogens with one attached hydrogen (secondary N) is 1. The molecule has 0 radical (unpaired) electrons. The quantitative estimate of drug-likeness (QED) is 0.903. The number of rotatable bonds is 4. The van der Waals surface area contributed by atoms with Crippen molar-refractivity contribution in [3.63, 3.8) is 0 Å². The highest BCUT2D eigenvalue weighted by Crippen LogP contribution is 2.30. The summed E-state index contributed by atoms with van der Waals surface area (Å²) in [6.45, 7) is 4.55. The van der Waals surface area contributed by atoms with Crippen molar-refractivity contribution in [3.8, 4) is 5.75 Å². The van der Waals surface area contributed by atoms with Gasteiger partial charge in [-0.15, -0.1) is 0 Å². The molecule has 0 aliphatic carbocycles. The number of ether oxygens (including phenoxy) is 2. The maximum Gasteiger partial charge on any atom is 0.407 e. The molecule has 0 aromatic heterocycles. The summed E-state index contributed by atoms with van der Waals surface area (Å²) in [4.78, 5) is 15.8. The molecular weight excluding hydrogens is 282 g/mol. The molecule has 120 valence electrons. The second-order valence-electron chi connectivity index (χ2n) is 5.94. The molecule has 2 aliphatic heterocycles. The van der Waals surface area contributed by atoms with E-state index >= 15 is 0 Å². The first-order valence-corrected chi connectivity index (χ1v) is 7.69. The van der Waals surface area contributed by atoms with E-state index in [1.165, 1.54) is 5.56 Å². The highest BCUT2D eigenvalue weighted by molar-refractivity contribution is 5.69. The third-order valence-corrected chi connectivity index (χ3v) is 4.31. The summed E-state index contributed by atoms with van der Waals surface area (Å²) in [5, 5.41) is 2.82. The summed E-state index contributed by atoms with van der Waals surface area (Å²) in [5.74, 6) is 0.903. The molecule has 2 aliphatic rings. The van der Waals surface area contributed by atoms with Crippen LogP contribution in [-0.4, -0.2) is 64.0 Å². The van der Waals surface area contributed by atoms with Gasteiger partial charge in [0.05, 0.1) is 18.8 Å². The fraction of sp³-hybridized carbons (Fsp3) is 0.562. The van der Waals surface area contributed by atoms with Gasteiger partial charge in [-0.25, -0.2) is 4.79 Å². The van der Waals surface area contributed by atoms with Crippen LogP contribution in [0.5, 0.6) is 5.75 Å². The number of anilines is 1. The zero-order valence-corrected chi connectivity index (χ0v) is 13.2. The topological polar surface area (TPSA) is 54.0 Å². The number of hydrogen-bond acceptors (Lipinski definition) is 5. The van der Waals surface area contributed by atoms with Gasteiger partial charge in [-0.05, 0) is 31.2 Å². The second-order valence-corrected chi connectivity index (χ2v) is 5.94. The Bertz CT molecular complexity index is 541. The molecular formula is C16H23N3O3. The van der Waals surface area contributed by atoms with Crippen LogP contribution in [0.25, 0.3) is 0 Å². The van der Waals surface area contributed by atoms with Crippen molar-refractivity contribution >= 4 is 11.8 Å². The molecule has 1 amide bonds. The predicted octanol–water partition coefficient (Wildman–Crippen LogP) is 1.10. The summed E-state index contributed by atoms with van der Waals surface area (Å²) >= 11 is 0. The average molecular weight is 305 g/mol. The normalized spacial score (nSPS) is 22.4. The Morgan fingerprint density at radius 2 is 2.09 bits per heavy atom. The molecule has 1 aromatic rings. The van der Waals surface area contributed by atoms with Crippen molar-refractivity contribution in [2.45, 2.75) is 12.5 Å². The minimum atomic E-state index is -0.321. The zero-order valence-electron chi connectivity index (χ0n) is 13.2. The molecule has 22 heavy (non-hydrogen) atoms. The molecule has 6 heteroatoms. The van der Waals surface area contributed by atoms with Gasteiger partial charge in [-0.2, -0.15) is 0 Å². The van der Waals surface area contributed by atoms with Crippen molar-refractivity contribution in [2.24, 2.45) is 0 Å². The number of carbonyl (C=O) groups is 1. The van der Waals surface area contributed by atoms with Crippen LogP contribution in [-0.2, 0) is 11.2 Å². The Morgan fingerprint density at radius 1 is 1.32 bits per heavy atom. The minimum absolute atomic E-state index is 0.0567. The van der Waals surface area contributed by atoms with E-state index < -0.39 is 0 Å². The molecule has 1 N–H and O–H groups in total. The predicted molar refractivity (Wildman–Crippen MR) is 84.7 cm³/mol. The Labute approximate surface area is 131 Å². The maximum absolute atomic E-state index is 11.1. The van der Waals surface area contributed by atoms with Crippen molar-refractivity contribution in [2.75, 3.05) is 51.8 Å². The van der Waals surface area contributed by atoms with Crippen molar-refractivity contribution < 1.29 is 14.3 Å². The van der Waals surface area contributed by atoms with Crippen LogP contribution < -0.4 is 15.0 Å². The van der Waals surface area contributed by atoms with E-state index in [4.69, 9.17) is 9.47 Å². The number of methoxy groups -OCH3 is 1. The highest BCUT2D eigenvalue weighted by Gasteiger charge is 2.23. The SMILES string of the molecule is COc1ccc(C[C@H]2COC(=O)N2)cc1N1CCN(C)CC1. The van der Waals surface area contributed by atoms with Crippen molar-refractivity contribution in [1.29, 1.82) is 0 Å². The third kappa shape index (κ3) is 3.27. The number of carbonyl (C=O) groups excluding carboxylic acids is 1. The molecule has 2 saturated heterocycles. The Kier molecular flexibility index (Phi) is 4.38. The Hall–Kier alpha value is -1.95. The Morgan fingerprint density at radius 3 is 2.73 bits per heavy atom. The summed E-state index contributed by atoms with van der Waals surface area (Å²) < 4.78 is 10.5. The third-order valence-electron chi connectivity index (χ3n) is 4.31. The van der Waals surface area contributed by atoms with E-state index in [2.05, 4.69) is 34.3 Å². The van der Waals surface area contributed by atoms with Gasteiger partial charge in [0.2, 0.25) is 0 Å². The fourth-order valence-electron chi connectivity index (χ4n) is 2.98. The number of hydrogen-bond donors (Lipinski definition) is 1. The first-order valence-electron chi connectivity index (χ1n) is 7.69. The molecule has 2 heterocycles. The fourth-order valence-corrected chi connectivity index (χ4v) is 2.98. The molecule has 2 fully saturated rings. The van der Waals surface area contributed by atoms with E-state index in [0.29, 0.717) is 6.61 Å². The lowest BCUT2D eigenvalue weighted by molar-refractivity contribution is 0.177. The van der Waals surface area contributed by atoms with Crippen LogP contribution in [0.1, 0.15) is 5.56 Å². The largest absolute Gasteiger partial charge is 0.495 e. The van der Waals surface area contributed by atoms with Crippen LogP contribution in [0.2, 0.25) is 0 Å². The summed E-state index contributed by atoms with van der Waals surface area (Å²) in [7, 11) is 3.85. The van der Waals surface area contributed by atoms with Crippen LogP contribution in [0, 0.1) is 0 Å². The number of amides is 1. The van der Waals surface area contributed by atoms with Crippen LogP contribution in [0.3, 0.4) is 0 Å². The van der Waals surface area contributed by atoms with Crippen LogP contribution in [0.4, 0.5) is 10.5 Å². The monoisotopic (exact) mass is 305 g/mol. The van der Waals surface area contributed by atoms with Crippen LogP contribution in [0.15, 0.2) is 18.2 Å². The van der Waals surface area contributed by atoms with Gasteiger partial charge in [-0.3, -0.25) is 0 Å². The van der Waals surface area contributed by atoms with E-state index in [0.717, 1.165) is 44.0 Å². The number of likely N-dealkylation sites (N-methyl/N-ethyl adjacent to an activating group) is 1. The number of benzene rings is 1. The summed E-state index contributed by atoms with van der Waals surface area (Å²) in [6.07, 6.45) is 0.453.